The van der Waals surface area contributed by atoms with Crippen molar-refractivity contribution < 1.29 is 19.0 Å². The first-order chi connectivity index (χ1) is 17.1. The first-order valence-corrected chi connectivity index (χ1v) is 11.9. The molecule has 1 aromatic heterocycles. The molecule has 0 saturated heterocycles. The minimum absolute atomic E-state index is 0.171. The van der Waals surface area contributed by atoms with E-state index in [0.717, 1.165) is 21.8 Å². The van der Waals surface area contributed by atoms with Crippen molar-refractivity contribution in [3.05, 3.63) is 77.9 Å². The van der Waals surface area contributed by atoms with Crippen molar-refractivity contribution in [2.24, 2.45) is 5.10 Å². The van der Waals surface area contributed by atoms with Gasteiger partial charge in [0.05, 0.1) is 50.9 Å². The highest BCUT2D eigenvalue weighted by molar-refractivity contribution is 7.99. The fourth-order valence-corrected chi connectivity index (χ4v) is 4.41. The van der Waals surface area contributed by atoms with Gasteiger partial charge >= 0.3 is 0 Å². The summed E-state index contributed by atoms with van der Waals surface area (Å²) in [6.07, 6.45) is 1.53. The second kappa shape index (κ2) is 11.4. The van der Waals surface area contributed by atoms with Crippen molar-refractivity contribution >= 4 is 34.9 Å². The lowest BCUT2D eigenvalue weighted by molar-refractivity contribution is -0.118. The van der Waals surface area contributed by atoms with Crippen LogP contribution in [0.25, 0.3) is 11.0 Å². The lowest BCUT2D eigenvalue weighted by Crippen LogP contribution is -2.20. The molecule has 4 aromatic rings. The van der Waals surface area contributed by atoms with E-state index < -0.39 is 0 Å². The van der Waals surface area contributed by atoms with Crippen LogP contribution < -0.4 is 19.6 Å². The molecule has 35 heavy (non-hydrogen) atoms. The fraction of sp³-hybridized carbons (Fsp3) is 0.192. The van der Waals surface area contributed by atoms with Gasteiger partial charge in [-0.3, -0.25) is 4.79 Å². The predicted molar refractivity (Wildman–Crippen MR) is 138 cm³/mol. The summed E-state index contributed by atoms with van der Waals surface area (Å²) in [5.41, 5.74) is 6.35. The summed E-state index contributed by atoms with van der Waals surface area (Å²) in [5, 5.41) is 4.85. The molecule has 3 aromatic carbocycles. The minimum atomic E-state index is -0.239. The average molecular weight is 491 g/mol. The summed E-state index contributed by atoms with van der Waals surface area (Å²) in [5.74, 6) is 1.44. The zero-order chi connectivity index (χ0) is 24.6. The largest absolute Gasteiger partial charge is 0.493 e. The van der Waals surface area contributed by atoms with Crippen LogP contribution in [0.2, 0.25) is 0 Å². The number of methoxy groups -OCH3 is 3. The first kappa shape index (κ1) is 24.2. The Morgan fingerprint density at radius 3 is 2.37 bits per heavy atom. The molecule has 0 spiro atoms. The van der Waals surface area contributed by atoms with Gasteiger partial charge in [0.2, 0.25) is 5.75 Å². The second-order valence-electron chi connectivity index (χ2n) is 7.50. The Hall–Kier alpha value is -3.98. The molecular formula is C26H26N4O4S. The highest BCUT2D eigenvalue weighted by atomic mass is 32.2. The number of ether oxygens (including phenoxy) is 3. The van der Waals surface area contributed by atoms with Gasteiger partial charge in [0.25, 0.3) is 5.91 Å². The Morgan fingerprint density at radius 1 is 1.00 bits per heavy atom. The van der Waals surface area contributed by atoms with Crippen LogP contribution in [0.5, 0.6) is 17.2 Å². The van der Waals surface area contributed by atoms with E-state index in [1.165, 1.54) is 18.0 Å². The molecule has 0 bridgehead atoms. The quantitative estimate of drug-likeness (QED) is 0.202. The standard InChI is InChI=1S/C26H26N4O4S/c1-32-22-13-19(14-23(33-2)25(22)34-3)15-27-29-24(31)17-35-26-28-20-11-7-8-12-21(20)30(26)16-18-9-5-4-6-10-18/h4-15H,16-17H2,1-3H3,(H,29,31). The van der Waals surface area contributed by atoms with Crippen molar-refractivity contribution in [2.75, 3.05) is 27.1 Å². The molecule has 1 heterocycles. The van der Waals surface area contributed by atoms with E-state index in [0.29, 0.717) is 29.4 Å². The maximum Gasteiger partial charge on any atom is 0.250 e. The van der Waals surface area contributed by atoms with Gasteiger partial charge in [0, 0.05) is 5.56 Å². The second-order valence-corrected chi connectivity index (χ2v) is 8.44. The molecule has 9 heteroatoms. The van der Waals surface area contributed by atoms with Crippen LogP contribution in [0.3, 0.4) is 0 Å². The molecule has 0 aliphatic rings. The van der Waals surface area contributed by atoms with E-state index in [-0.39, 0.29) is 11.7 Å². The number of amides is 1. The number of imidazole rings is 1. The number of carbonyl (C=O) groups is 1. The van der Waals surface area contributed by atoms with Gasteiger partial charge in [-0.1, -0.05) is 54.2 Å². The van der Waals surface area contributed by atoms with Crippen molar-refractivity contribution in [1.82, 2.24) is 15.0 Å². The number of carbonyl (C=O) groups excluding carboxylic acids is 1. The summed E-state index contributed by atoms with van der Waals surface area (Å²) < 4.78 is 18.1. The van der Waals surface area contributed by atoms with Gasteiger partial charge in [0.1, 0.15) is 0 Å². The van der Waals surface area contributed by atoms with Gasteiger partial charge in [-0.2, -0.15) is 5.10 Å². The molecule has 0 saturated carbocycles. The molecule has 4 rings (SSSR count). The number of hydrogen-bond donors (Lipinski definition) is 1. The Balaban J connectivity index is 1.43. The summed E-state index contributed by atoms with van der Waals surface area (Å²) in [4.78, 5) is 17.2. The Bertz CT molecular complexity index is 1310. The molecule has 0 aliphatic carbocycles. The molecule has 0 aliphatic heterocycles. The number of thioether (sulfide) groups is 1. The first-order valence-electron chi connectivity index (χ1n) is 10.9. The summed E-state index contributed by atoms with van der Waals surface area (Å²) >= 11 is 1.37. The maximum atomic E-state index is 12.5. The van der Waals surface area contributed by atoms with Gasteiger partial charge in [-0.05, 0) is 29.8 Å². The number of benzene rings is 3. The van der Waals surface area contributed by atoms with Crippen molar-refractivity contribution in [3.63, 3.8) is 0 Å². The molecule has 0 fully saturated rings. The lowest BCUT2D eigenvalue weighted by Gasteiger charge is -2.12. The SMILES string of the molecule is COc1cc(C=NNC(=O)CSc2nc3ccccc3n2Cc2ccccc2)cc(OC)c1OC. The lowest BCUT2D eigenvalue weighted by atomic mass is 10.2. The fourth-order valence-electron chi connectivity index (χ4n) is 3.60. The van der Waals surface area contributed by atoms with E-state index in [4.69, 9.17) is 19.2 Å². The third kappa shape index (κ3) is 5.75. The smallest absolute Gasteiger partial charge is 0.250 e. The van der Waals surface area contributed by atoms with E-state index >= 15 is 0 Å². The number of hydrazone groups is 1. The number of nitrogens with zero attached hydrogens (tertiary/aromatic N) is 3. The molecule has 0 radical (unpaired) electrons. The van der Waals surface area contributed by atoms with Crippen LogP contribution in [0.15, 0.2) is 77.0 Å². The molecule has 0 unspecified atom stereocenters. The van der Waals surface area contributed by atoms with E-state index in [1.54, 1.807) is 33.5 Å². The van der Waals surface area contributed by atoms with Gasteiger partial charge in [-0.15, -0.1) is 0 Å². The average Bonchev–Trinajstić information content (AvgIpc) is 3.24. The van der Waals surface area contributed by atoms with E-state index in [9.17, 15) is 4.79 Å². The summed E-state index contributed by atoms with van der Waals surface area (Å²) in [6.45, 7) is 0.671. The van der Waals surface area contributed by atoms with Crippen molar-refractivity contribution in [3.8, 4) is 17.2 Å². The monoisotopic (exact) mass is 490 g/mol. The molecule has 1 amide bonds. The summed E-state index contributed by atoms with van der Waals surface area (Å²) in [7, 11) is 4.63. The van der Waals surface area contributed by atoms with Crippen LogP contribution in [-0.4, -0.2) is 48.8 Å². The van der Waals surface area contributed by atoms with E-state index in [2.05, 4.69) is 27.2 Å². The van der Waals surface area contributed by atoms with Crippen LogP contribution in [-0.2, 0) is 11.3 Å². The van der Waals surface area contributed by atoms with Crippen LogP contribution >= 0.6 is 11.8 Å². The van der Waals surface area contributed by atoms with Crippen LogP contribution in [0.1, 0.15) is 11.1 Å². The minimum Gasteiger partial charge on any atom is -0.493 e. The maximum absolute atomic E-state index is 12.5. The summed E-state index contributed by atoms with van der Waals surface area (Å²) in [6, 6.07) is 21.6. The number of para-hydroxylation sites is 2. The predicted octanol–water partition coefficient (Wildman–Crippen LogP) is 4.35. The number of hydrogen-bond acceptors (Lipinski definition) is 7. The third-order valence-electron chi connectivity index (χ3n) is 5.23. The number of aromatic nitrogens is 2. The Kier molecular flexibility index (Phi) is 7.89. The topological polar surface area (TPSA) is 87.0 Å². The zero-order valence-corrected chi connectivity index (χ0v) is 20.5. The number of fused-ring (bicyclic) bond motifs is 1. The van der Waals surface area contributed by atoms with Crippen LogP contribution in [0, 0.1) is 0 Å². The van der Waals surface area contributed by atoms with Crippen LogP contribution in [0.4, 0.5) is 0 Å². The highest BCUT2D eigenvalue weighted by Gasteiger charge is 2.14. The van der Waals surface area contributed by atoms with Crippen molar-refractivity contribution in [2.45, 2.75) is 11.7 Å². The third-order valence-corrected chi connectivity index (χ3v) is 6.20. The van der Waals surface area contributed by atoms with E-state index in [1.807, 2.05) is 42.5 Å². The molecule has 1 N–H and O–H groups in total. The molecule has 180 valence electrons. The van der Waals surface area contributed by atoms with Crippen molar-refractivity contribution in [1.29, 1.82) is 0 Å². The number of nitrogens with one attached hydrogen (secondary N) is 1. The Morgan fingerprint density at radius 2 is 1.69 bits per heavy atom. The van der Waals surface area contributed by atoms with Gasteiger partial charge < -0.3 is 18.8 Å². The van der Waals surface area contributed by atoms with Gasteiger partial charge in [0.15, 0.2) is 16.7 Å². The number of rotatable bonds is 10. The molecule has 8 nitrogen and oxygen atoms in total. The van der Waals surface area contributed by atoms with Gasteiger partial charge in [-0.25, -0.2) is 10.4 Å². The zero-order valence-electron chi connectivity index (χ0n) is 19.7. The molecular weight excluding hydrogens is 464 g/mol. The Labute approximate surface area is 207 Å². The molecule has 0 atom stereocenters. The normalized spacial score (nSPS) is 11.1. The highest BCUT2D eigenvalue weighted by Crippen LogP contribution is 2.37.